The number of hydrogen-bond donors (Lipinski definition) is 0. The van der Waals surface area contributed by atoms with Crippen molar-refractivity contribution in [1.29, 1.82) is 10.5 Å². The first-order valence-corrected chi connectivity index (χ1v) is 10.9. The van der Waals surface area contributed by atoms with E-state index in [-0.39, 0.29) is 6.04 Å². The van der Waals surface area contributed by atoms with E-state index in [1.165, 1.54) is 11.3 Å². The van der Waals surface area contributed by atoms with Gasteiger partial charge in [-0.25, -0.2) is 0 Å². The third-order valence-corrected chi connectivity index (χ3v) is 5.92. The Labute approximate surface area is 189 Å². The van der Waals surface area contributed by atoms with Crippen LogP contribution in [0.3, 0.4) is 0 Å². The average molecular weight is 420 g/mol. The van der Waals surface area contributed by atoms with E-state index >= 15 is 0 Å². The van der Waals surface area contributed by atoms with Gasteiger partial charge in [0.05, 0.1) is 40.7 Å². The fourth-order valence-electron chi connectivity index (χ4n) is 4.10. The van der Waals surface area contributed by atoms with Crippen LogP contribution in [-0.2, 0) is 0 Å². The van der Waals surface area contributed by atoms with Gasteiger partial charge in [-0.3, -0.25) is 5.01 Å². The lowest BCUT2D eigenvalue weighted by atomic mass is 9.97. The minimum atomic E-state index is 0.0549. The van der Waals surface area contributed by atoms with E-state index in [2.05, 4.69) is 55.2 Å². The Hall–Kier alpha value is -4.09. The summed E-state index contributed by atoms with van der Waals surface area (Å²) in [6.45, 7) is 6.28. The molecule has 0 radical (unpaired) electrons. The molecule has 0 aliphatic carbocycles. The second-order valence-electron chi connectivity index (χ2n) is 7.72. The second-order valence-corrected chi connectivity index (χ2v) is 7.72. The minimum Gasteiger partial charge on any atom is -0.372 e. The molecule has 0 unspecified atom stereocenters. The molecule has 0 spiro atoms. The van der Waals surface area contributed by atoms with E-state index < -0.39 is 0 Å². The van der Waals surface area contributed by atoms with Crippen molar-refractivity contribution in [2.24, 2.45) is 5.10 Å². The van der Waals surface area contributed by atoms with Gasteiger partial charge in [-0.15, -0.1) is 0 Å². The van der Waals surface area contributed by atoms with Crippen molar-refractivity contribution in [2.45, 2.75) is 26.3 Å². The number of nitrogens with zero attached hydrogens (tertiary/aromatic N) is 5. The Bertz CT molecular complexity index is 1180. The highest BCUT2D eigenvalue weighted by atomic mass is 15.5. The lowest BCUT2D eigenvalue weighted by Gasteiger charge is -2.25. The lowest BCUT2D eigenvalue weighted by molar-refractivity contribution is 0.708. The normalized spacial score (nSPS) is 15.1. The summed E-state index contributed by atoms with van der Waals surface area (Å²) >= 11 is 0. The fourth-order valence-corrected chi connectivity index (χ4v) is 4.10. The number of hydrogen-bond acceptors (Lipinski definition) is 5. The van der Waals surface area contributed by atoms with Gasteiger partial charge in [0.15, 0.2) is 0 Å². The Kier molecular flexibility index (Phi) is 6.19. The molecular weight excluding hydrogens is 394 g/mol. The fraction of sp³-hybridized carbons (Fsp3) is 0.222. The Morgan fingerprint density at radius 1 is 0.844 bits per heavy atom. The van der Waals surface area contributed by atoms with Crippen LogP contribution in [0.2, 0.25) is 0 Å². The van der Waals surface area contributed by atoms with Crippen LogP contribution >= 0.6 is 0 Å². The third-order valence-electron chi connectivity index (χ3n) is 5.92. The maximum absolute atomic E-state index is 9.15. The maximum Gasteiger partial charge on any atom is 0.0991 e. The van der Waals surface area contributed by atoms with E-state index in [0.29, 0.717) is 11.1 Å². The minimum absolute atomic E-state index is 0.0549. The highest BCUT2D eigenvalue weighted by Gasteiger charge is 2.30. The molecule has 0 bridgehead atoms. The third kappa shape index (κ3) is 4.19. The Morgan fingerprint density at radius 2 is 1.41 bits per heavy atom. The molecule has 0 fully saturated rings. The largest absolute Gasteiger partial charge is 0.372 e. The summed E-state index contributed by atoms with van der Waals surface area (Å²) in [7, 11) is 0. The average Bonchev–Trinajstić information content (AvgIpc) is 3.31. The van der Waals surface area contributed by atoms with Crippen LogP contribution in [0.1, 0.15) is 48.6 Å². The summed E-state index contributed by atoms with van der Waals surface area (Å²) in [5.74, 6) is 0. The van der Waals surface area contributed by atoms with Gasteiger partial charge in [0.1, 0.15) is 0 Å². The predicted octanol–water partition coefficient (Wildman–Crippen LogP) is 5.63. The second kappa shape index (κ2) is 9.37. The van der Waals surface area contributed by atoms with E-state index in [1.54, 1.807) is 0 Å². The molecular formula is C27H25N5. The van der Waals surface area contributed by atoms with Crippen LogP contribution in [0.4, 0.5) is 11.4 Å². The first-order chi connectivity index (χ1) is 15.7. The molecule has 5 nitrogen and oxygen atoms in total. The topological polar surface area (TPSA) is 66.4 Å². The van der Waals surface area contributed by atoms with Crippen molar-refractivity contribution < 1.29 is 0 Å². The van der Waals surface area contributed by atoms with Crippen LogP contribution in [0.5, 0.6) is 0 Å². The molecule has 1 heterocycles. The molecule has 5 heteroatoms. The van der Waals surface area contributed by atoms with E-state index in [0.717, 1.165) is 36.5 Å². The van der Waals surface area contributed by atoms with E-state index in [1.807, 2.05) is 53.5 Å². The summed E-state index contributed by atoms with van der Waals surface area (Å²) in [5.41, 5.74) is 6.63. The molecule has 1 aliphatic rings. The van der Waals surface area contributed by atoms with Gasteiger partial charge >= 0.3 is 0 Å². The van der Waals surface area contributed by atoms with Crippen molar-refractivity contribution >= 4 is 17.1 Å². The smallest absolute Gasteiger partial charge is 0.0991 e. The predicted molar refractivity (Wildman–Crippen MR) is 129 cm³/mol. The van der Waals surface area contributed by atoms with Crippen LogP contribution in [0.15, 0.2) is 77.9 Å². The first-order valence-electron chi connectivity index (χ1n) is 10.9. The lowest BCUT2D eigenvalue weighted by Crippen LogP contribution is -2.22. The molecule has 0 N–H and O–H groups in total. The molecule has 158 valence electrons. The van der Waals surface area contributed by atoms with Gasteiger partial charge in [-0.1, -0.05) is 24.3 Å². The van der Waals surface area contributed by atoms with E-state index in [4.69, 9.17) is 15.6 Å². The summed E-state index contributed by atoms with van der Waals surface area (Å²) in [4.78, 5) is 2.33. The van der Waals surface area contributed by atoms with Gasteiger partial charge in [-0.2, -0.15) is 15.6 Å². The van der Waals surface area contributed by atoms with Crippen molar-refractivity contribution in [1.82, 2.24) is 0 Å². The van der Waals surface area contributed by atoms with Gasteiger partial charge in [0.2, 0.25) is 0 Å². The van der Waals surface area contributed by atoms with Crippen LogP contribution in [-0.4, -0.2) is 18.8 Å². The van der Waals surface area contributed by atoms with Gasteiger partial charge in [0.25, 0.3) is 0 Å². The number of anilines is 2. The number of hydrazone groups is 1. The molecule has 1 aliphatic heterocycles. The first kappa shape index (κ1) is 21.2. The molecule has 3 aromatic rings. The van der Waals surface area contributed by atoms with Crippen LogP contribution < -0.4 is 9.91 Å². The highest BCUT2D eigenvalue weighted by Crippen LogP contribution is 2.37. The quantitative estimate of drug-likeness (QED) is 0.519. The van der Waals surface area contributed by atoms with E-state index in [9.17, 15) is 0 Å². The van der Waals surface area contributed by atoms with Gasteiger partial charge in [0, 0.05) is 25.2 Å². The SMILES string of the molecule is CCN(CC)c1ccc([C@@H]2CC(c3ccc(C#N)cc3)=NN2c2ccc(C#N)cc2)cc1. The number of nitriles is 2. The molecule has 1 atom stereocenters. The molecule has 0 amide bonds. The monoisotopic (exact) mass is 419 g/mol. The van der Waals surface area contributed by atoms with Crippen LogP contribution in [0, 0.1) is 22.7 Å². The van der Waals surface area contributed by atoms with Crippen molar-refractivity contribution in [3.05, 3.63) is 95.1 Å². The molecule has 0 saturated heterocycles. The van der Waals surface area contributed by atoms with Crippen molar-refractivity contribution in [3.8, 4) is 12.1 Å². The molecule has 0 saturated carbocycles. The van der Waals surface area contributed by atoms with Crippen molar-refractivity contribution in [3.63, 3.8) is 0 Å². The maximum atomic E-state index is 9.15. The van der Waals surface area contributed by atoms with Crippen molar-refractivity contribution in [2.75, 3.05) is 23.0 Å². The zero-order valence-electron chi connectivity index (χ0n) is 18.4. The molecule has 32 heavy (non-hydrogen) atoms. The zero-order valence-corrected chi connectivity index (χ0v) is 18.4. The summed E-state index contributed by atoms with van der Waals surface area (Å²) in [5, 5.41) is 25.3. The summed E-state index contributed by atoms with van der Waals surface area (Å²) < 4.78 is 0. The zero-order chi connectivity index (χ0) is 22.5. The summed E-state index contributed by atoms with van der Waals surface area (Å²) in [6, 6.07) is 28.2. The number of rotatable bonds is 6. The molecule has 3 aromatic carbocycles. The van der Waals surface area contributed by atoms with Gasteiger partial charge in [-0.05, 0) is 73.5 Å². The molecule has 4 rings (SSSR count). The Balaban J connectivity index is 1.69. The standard InChI is InChI=1S/C27H25N5/c1-3-31(4-2)24-15-11-23(12-16-24)27-17-26(22-9-5-20(18-28)6-10-22)30-32(27)25-13-7-21(19-29)8-14-25/h5-16,27H,3-4,17H2,1-2H3/t27-/m0/s1. The molecule has 0 aromatic heterocycles. The highest BCUT2D eigenvalue weighted by molar-refractivity contribution is 6.03. The van der Waals surface area contributed by atoms with Crippen LogP contribution in [0.25, 0.3) is 0 Å². The summed E-state index contributed by atoms with van der Waals surface area (Å²) in [6.07, 6.45) is 0.760. The number of benzene rings is 3. The van der Waals surface area contributed by atoms with Gasteiger partial charge < -0.3 is 4.90 Å². The Morgan fingerprint density at radius 3 is 1.94 bits per heavy atom.